The van der Waals surface area contributed by atoms with Crippen LogP contribution in [0.1, 0.15) is 41.6 Å². The summed E-state index contributed by atoms with van der Waals surface area (Å²) in [7, 11) is -1.51. The Morgan fingerprint density at radius 2 is 1.31 bits per heavy atom. The maximum atomic E-state index is 13.9. The number of alkyl halides is 6. The SMILES string of the molecule is CC(C)C1=Cc2ccc3c(-c4cc(C(F)(F)F)cc(C(F)(F)F)c4)c2C1[Si]1c2ccccc2-c2cccc-3c21. The van der Waals surface area contributed by atoms with E-state index in [1.807, 2.05) is 36.4 Å². The molecular formula is C32H21F6Si. The second kappa shape index (κ2) is 7.98. The lowest BCUT2D eigenvalue weighted by Crippen LogP contribution is -2.44. The third-order valence-corrected chi connectivity index (χ3v) is 11.5. The van der Waals surface area contributed by atoms with Gasteiger partial charge in [-0.3, -0.25) is 0 Å². The largest absolute Gasteiger partial charge is 0.416 e. The molecule has 0 spiro atoms. The fourth-order valence-corrected chi connectivity index (χ4v) is 10.6. The van der Waals surface area contributed by atoms with Crippen molar-refractivity contribution in [3.63, 3.8) is 0 Å². The van der Waals surface area contributed by atoms with Crippen LogP contribution >= 0.6 is 0 Å². The molecule has 3 aliphatic rings. The Kier molecular flexibility index (Phi) is 5.00. The molecule has 1 unspecified atom stereocenters. The molecule has 0 fully saturated rings. The maximum Gasteiger partial charge on any atom is 0.416 e. The lowest BCUT2D eigenvalue weighted by molar-refractivity contribution is -0.143. The number of halogens is 6. The van der Waals surface area contributed by atoms with Crippen LogP contribution in [0.4, 0.5) is 26.3 Å². The first-order valence-electron chi connectivity index (χ1n) is 12.7. The van der Waals surface area contributed by atoms with Gasteiger partial charge in [-0.25, -0.2) is 0 Å². The van der Waals surface area contributed by atoms with Crippen LogP contribution in [-0.2, 0) is 12.4 Å². The minimum absolute atomic E-state index is 0.0409. The van der Waals surface area contributed by atoms with Crippen molar-refractivity contribution >= 4 is 25.2 Å². The van der Waals surface area contributed by atoms with Gasteiger partial charge in [-0.2, -0.15) is 26.3 Å². The zero-order chi connectivity index (χ0) is 27.4. The first-order chi connectivity index (χ1) is 18.4. The normalized spacial score (nSPS) is 17.3. The number of fused-ring (bicyclic) bond motifs is 6. The van der Waals surface area contributed by atoms with Crippen LogP contribution in [-0.4, -0.2) is 8.80 Å². The molecule has 1 aliphatic carbocycles. The third kappa shape index (κ3) is 3.45. The Bertz CT molecular complexity index is 1690. The predicted octanol–water partition coefficient (Wildman–Crippen LogP) is 8.34. The topological polar surface area (TPSA) is 0 Å². The number of allylic oxidation sites excluding steroid dienone is 1. The highest BCUT2D eigenvalue weighted by molar-refractivity contribution is 6.92. The van der Waals surface area contributed by atoms with Crippen LogP contribution in [0.3, 0.4) is 0 Å². The van der Waals surface area contributed by atoms with Gasteiger partial charge in [0.25, 0.3) is 0 Å². The Labute approximate surface area is 223 Å². The van der Waals surface area contributed by atoms with Crippen molar-refractivity contribution in [1.82, 2.24) is 0 Å². The van der Waals surface area contributed by atoms with E-state index in [4.69, 9.17) is 0 Å². The molecule has 1 atom stereocenters. The molecule has 195 valence electrons. The average molecular weight is 548 g/mol. The van der Waals surface area contributed by atoms with E-state index < -0.39 is 32.3 Å². The predicted molar refractivity (Wildman–Crippen MR) is 143 cm³/mol. The number of hydrogen-bond acceptors (Lipinski definition) is 0. The molecular weight excluding hydrogens is 526 g/mol. The molecule has 2 heterocycles. The Hall–Kier alpha value is -3.58. The van der Waals surface area contributed by atoms with Gasteiger partial charge in [0.05, 0.1) is 11.1 Å². The number of hydrogen-bond donors (Lipinski definition) is 0. The molecule has 7 heteroatoms. The van der Waals surface area contributed by atoms with Gasteiger partial charge >= 0.3 is 12.4 Å². The fourth-order valence-electron chi connectivity index (χ4n) is 6.63. The van der Waals surface area contributed by atoms with Crippen LogP contribution < -0.4 is 10.4 Å². The number of benzene rings is 4. The van der Waals surface area contributed by atoms with Crippen molar-refractivity contribution < 1.29 is 26.3 Å². The molecule has 0 saturated carbocycles. The monoisotopic (exact) mass is 547 g/mol. The third-order valence-electron chi connectivity index (χ3n) is 8.19. The Balaban J connectivity index is 1.61. The molecule has 0 nitrogen and oxygen atoms in total. The average Bonchev–Trinajstić information content (AvgIpc) is 3.40. The van der Waals surface area contributed by atoms with Crippen molar-refractivity contribution in [1.29, 1.82) is 0 Å². The van der Waals surface area contributed by atoms with Gasteiger partial charge in [0, 0.05) is 5.54 Å². The molecule has 39 heavy (non-hydrogen) atoms. The van der Waals surface area contributed by atoms with Gasteiger partial charge < -0.3 is 0 Å². The molecule has 4 aromatic carbocycles. The van der Waals surface area contributed by atoms with E-state index in [9.17, 15) is 26.3 Å². The standard InChI is InChI=1S/C32H21F6Si/c1-16(2)25-14-17-10-11-22-24-8-5-7-23-21-6-3-4-9-26(21)39(29(23)24)30(25)28(17)27(22)18-12-19(31(33,34)35)15-20(13-18)32(36,37)38/h3-16,30H,1-2H3. The van der Waals surface area contributed by atoms with E-state index in [1.54, 1.807) is 0 Å². The second-order valence-corrected chi connectivity index (χ2v) is 13.1. The van der Waals surface area contributed by atoms with E-state index in [0.29, 0.717) is 11.1 Å². The molecule has 2 aliphatic heterocycles. The first kappa shape index (κ1) is 24.5. The van der Waals surface area contributed by atoms with Crippen LogP contribution in [0.5, 0.6) is 0 Å². The first-order valence-corrected chi connectivity index (χ1v) is 14.3. The summed E-state index contributed by atoms with van der Waals surface area (Å²) in [5.41, 5.74) is 4.55. The molecule has 2 bridgehead atoms. The minimum Gasteiger partial charge on any atom is -0.166 e. The van der Waals surface area contributed by atoms with Crippen molar-refractivity contribution in [2.45, 2.75) is 31.7 Å². The van der Waals surface area contributed by atoms with Gasteiger partial charge in [-0.15, -0.1) is 0 Å². The minimum atomic E-state index is -4.92. The van der Waals surface area contributed by atoms with E-state index in [2.05, 4.69) is 38.1 Å². The highest BCUT2D eigenvalue weighted by Crippen LogP contribution is 2.53. The van der Waals surface area contributed by atoms with Gasteiger partial charge in [-0.05, 0) is 79.0 Å². The molecule has 1 radical (unpaired) electrons. The van der Waals surface area contributed by atoms with Gasteiger partial charge in [0.15, 0.2) is 0 Å². The van der Waals surface area contributed by atoms with Gasteiger partial charge in [0.2, 0.25) is 0 Å². The van der Waals surface area contributed by atoms with Crippen molar-refractivity contribution in [3.05, 3.63) is 101 Å². The molecule has 7 rings (SSSR count). The van der Waals surface area contributed by atoms with E-state index in [-0.39, 0.29) is 23.1 Å². The highest BCUT2D eigenvalue weighted by atomic mass is 28.3. The summed E-state index contributed by atoms with van der Waals surface area (Å²) < 4.78 is 83.5. The summed E-state index contributed by atoms with van der Waals surface area (Å²) in [6.45, 7) is 4.21. The maximum absolute atomic E-state index is 13.9. The van der Waals surface area contributed by atoms with Crippen LogP contribution in [0.25, 0.3) is 39.5 Å². The summed E-state index contributed by atoms with van der Waals surface area (Å²) in [6, 6.07) is 20.1. The van der Waals surface area contributed by atoms with Crippen LogP contribution in [0.15, 0.2) is 78.4 Å². The molecule has 0 aromatic heterocycles. The van der Waals surface area contributed by atoms with Crippen molar-refractivity contribution in [2.75, 3.05) is 0 Å². The fraction of sp³-hybridized carbons (Fsp3) is 0.188. The van der Waals surface area contributed by atoms with Crippen LogP contribution in [0.2, 0.25) is 0 Å². The smallest absolute Gasteiger partial charge is 0.166 e. The molecule has 0 amide bonds. The summed E-state index contributed by atoms with van der Waals surface area (Å²) in [5.74, 6) is 0.157. The number of rotatable bonds is 2. The van der Waals surface area contributed by atoms with Gasteiger partial charge in [-0.1, -0.05) is 80.1 Å². The van der Waals surface area contributed by atoms with E-state index >= 15 is 0 Å². The van der Waals surface area contributed by atoms with Gasteiger partial charge in [0.1, 0.15) is 8.80 Å². The van der Waals surface area contributed by atoms with Crippen LogP contribution in [0, 0.1) is 5.92 Å². The molecule has 0 N–H and O–H groups in total. The molecule has 0 saturated heterocycles. The summed E-state index contributed by atoms with van der Waals surface area (Å²) >= 11 is 0. The van der Waals surface area contributed by atoms with Crippen molar-refractivity contribution in [3.8, 4) is 33.4 Å². The Morgan fingerprint density at radius 3 is 1.95 bits per heavy atom. The summed E-state index contributed by atoms with van der Waals surface area (Å²) in [5, 5.41) is 2.43. The lowest BCUT2D eigenvalue weighted by atomic mass is 9.85. The quantitative estimate of drug-likeness (QED) is 0.175. The Morgan fingerprint density at radius 1 is 0.692 bits per heavy atom. The van der Waals surface area contributed by atoms with E-state index in [0.717, 1.165) is 34.4 Å². The zero-order valence-corrected chi connectivity index (χ0v) is 21.9. The van der Waals surface area contributed by atoms with Crippen molar-refractivity contribution in [2.24, 2.45) is 5.92 Å². The van der Waals surface area contributed by atoms with E-state index in [1.165, 1.54) is 21.5 Å². The highest BCUT2D eigenvalue weighted by Gasteiger charge is 2.47. The summed E-state index contributed by atoms with van der Waals surface area (Å²) in [4.78, 5) is 0. The zero-order valence-electron chi connectivity index (χ0n) is 20.9. The second-order valence-electron chi connectivity index (χ2n) is 10.7. The lowest BCUT2D eigenvalue weighted by Gasteiger charge is -2.26. The summed E-state index contributed by atoms with van der Waals surface area (Å²) in [6.07, 6.45) is -7.72. The molecule has 4 aromatic rings.